The molecule has 9 heteroatoms. The number of amides is 3. The number of anilines is 2. The van der Waals surface area contributed by atoms with Crippen molar-refractivity contribution < 1.29 is 9.59 Å². The number of nitrogens with one attached hydrogen (secondary N) is 3. The molecule has 7 rings (SSSR count). The number of aryl methyl sites for hydroxylation is 2. The number of aromatic nitrogens is 4. The lowest BCUT2D eigenvalue weighted by Crippen LogP contribution is -2.47. The number of hydrogen-bond donors (Lipinski definition) is 3. The van der Waals surface area contributed by atoms with E-state index < -0.39 is 0 Å². The number of carbonyl (C=O) groups is 2. The lowest BCUT2D eigenvalue weighted by molar-refractivity contribution is -0.136. The summed E-state index contributed by atoms with van der Waals surface area (Å²) >= 11 is 0. The molecule has 2 atom stereocenters. The van der Waals surface area contributed by atoms with Gasteiger partial charge in [-0.3, -0.25) is 10.1 Å². The predicted molar refractivity (Wildman–Crippen MR) is 191 cm³/mol. The summed E-state index contributed by atoms with van der Waals surface area (Å²) in [6, 6.07) is 26.5. The molecule has 3 aromatic carbocycles. The van der Waals surface area contributed by atoms with Crippen molar-refractivity contribution in [2.24, 2.45) is 5.92 Å². The van der Waals surface area contributed by atoms with Gasteiger partial charge in [0.2, 0.25) is 5.91 Å². The Kier molecular flexibility index (Phi) is 8.54. The molecule has 2 saturated heterocycles. The van der Waals surface area contributed by atoms with Gasteiger partial charge in [0, 0.05) is 42.1 Å². The highest BCUT2D eigenvalue weighted by Gasteiger charge is 2.42. The smallest absolute Gasteiger partial charge is 0.324 e. The normalized spacial score (nSPS) is 19.1. The van der Waals surface area contributed by atoms with Crippen molar-refractivity contribution in [3.8, 4) is 5.69 Å². The highest BCUT2D eigenvalue weighted by Crippen LogP contribution is 2.40. The van der Waals surface area contributed by atoms with Crippen LogP contribution in [0, 0.1) is 12.8 Å². The number of H-pyrrole nitrogens is 1. The van der Waals surface area contributed by atoms with Crippen molar-refractivity contribution in [1.29, 1.82) is 0 Å². The third-order valence-corrected chi connectivity index (χ3v) is 9.87. The number of benzene rings is 3. The molecule has 9 nitrogen and oxygen atoms in total. The van der Waals surface area contributed by atoms with Crippen molar-refractivity contribution in [3.05, 3.63) is 102 Å². The van der Waals surface area contributed by atoms with E-state index in [4.69, 9.17) is 5.10 Å². The summed E-state index contributed by atoms with van der Waals surface area (Å²) in [4.78, 5) is 36.7. The third-order valence-electron chi connectivity index (χ3n) is 9.87. The minimum absolute atomic E-state index is 0.166. The molecule has 2 fully saturated rings. The van der Waals surface area contributed by atoms with Crippen LogP contribution in [-0.4, -0.2) is 48.7 Å². The molecule has 48 heavy (non-hydrogen) atoms. The van der Waals surface area contributed by atoms with E-state index in [0.717, 1.165) is 71.6 Å². The van der Waals surface area contributed by atoms with E-state index in [9.17, 15) is 9.59 Å². The van der Waals surface area contributed by atoms with Crippen molar-refractivity contribution in [1.82, 2.24) is 24.6 Å². The second kappa shape index (κ2) is 12.9. The zero-order valence-corrected chi connectivity index (χ0v) is 28.3. The maximum Gasteiger partial charge on any atom is 0.324 e. The van der Waals surface area contributed by atoms with Crippen molar-refractivity contribution in [3.63, 3.8) is 0 Å². The zero-order chi connectivity index (χ0) is 33.4. The van der Waals surface area contributed by atoms with Crippen LogP contribution in [0.4, 0.5) is 16.3 Å². The zero-order valence-electron chi connectivity index (χ0n) is 28.3. The molecule has 2 aromatic heterocycles. The number of imidazole rings is 1. The molecular formula is C39H45N7O2. The van der Waals surface area contributed by atoms with Gasteiger partial charge in [-0.15, -0.1) is 0 Å². The molecule has 2 bridgehead atoms. The molecule has 0 saturated carbocycles. The first-order chi connectivity index (χ1) is 23.1. The van der Waals surface area contributed by atoms with Crippen LogP contribution < -0.4 is 10.6 Å². The maximum absolute atomic E-state index is 13.3. The third kappa shape index (κ3) is 6.86. The van der Waals surface area contributed by atoms with Gasteiger partial charge in [0.05, 0.1) is 22.4 Å². The number of urea groups is 1. The average molecular weight is 644 g/mol. The Bertz CT molecular complexity index is 1870. The quantitative estimate of drug-likeness (QED) is 0.160. The SMILES string of the molecule is Cc1ccc(-n2nc(C(C)(C)C)cc2NC(=O)Nc2ccc(CC3CC4CCC(C3)N4C(=O)CCc3nc4ccccc4[nH]3)cc2)cc1. The minimum Gasteiger partial charge on any atom is -0.342 e. The van der Waals surface area contributed by atoms with E-state index in [1.807, 2.05) is 73.7 Å². The molecule has 3 amide bonds. The predicted octanol–water partition coefficient (Wildman–Crippen LogP) is 7.94. The molecule has 2 aliphatic heterocycles. The van der Waals surface area contributed by atoms with Crippen LogP contribution in [0.5, 0.6) is 0 Å². The molecule has 2 unspecified atom stereocenters. The van der Waals surface area contributed by atoms with Gasteiger partial charge < -0.3 is 15.2 Å². The number of rotatable bonds is 8. The Morgan fingerprint density at radius 1 is 0.917 bits per heavy atom. The Morgan fingerprint density at radius 2 is 1.62 bits per heavy atom. The fraction of sp³-hybridized carbons (Fsp3) is 0.385. The molecule has 5 aromatic rings. The highest BCUT2D eigenvalue weighted by molar-refractivity contribution is 5.99. The number of piperidine rings is 1. The lowest BCUT2D eigenvalue weighted by atomic mass is 9.85. The Hall–Kier alpha value is -4.92. The summed E-state index contributed by atoms with van der Waals surface area (Å²) in [5.41, 5.74) is 6.74. The highest BCUT2D eigenvalue weighted by atomic mass is 16.2. The molecule has 0 radical (unpaired) electrons. The first kappa shape index (κ1) is 31.7. The Balaban J connectivity index is 0.929. The van der Waals surface area contributed by atoms with Crippen LogP contribution in [0.15, 0.2) is 78.9 Å². The Labute approximate surface area is 282 Å². The van der Waals surface area contributed by atoms with Gasteiger partial charge in [0.25, 0.3) is 0 Å². The summed E-state index contributed by atoms with van der Waals surface area (Å²) in [7, 11) is 0. The molecule has 3 N–H and O–H groups in total. The minimum atomic E-state index is -0.314. The summed E-state index contributed by atoms with van der Waals surface area (Å²) in [6.45, 7) is 8.38. The molecule has 0 aliphatic carbocycles. The second-order valence-electron chi connectivity index (χ2n) is 14.6. The molecule has 4 heterocycles. The van der Waals surface area contributed by atoms with Gasteiger partial charge in [-0.25, -0.2) is 14.5 Å². The van der Waals surface area contributed by atoms with E-state index in [-0.39, 0.29) is 17.4 Å². The van der Waals surface area contributed by atoms with Gasteiger partial charge in [-0.05, 0) is 86.9 Å². The number of para-hydroxylation sites is 2. The van der Waals surface area contributed by atoms with Gasteiger partial charge >= 0.3 is 6.03 Å². The van der Waals surface area contributed by atoms with Gasteiger partial charge in [0.1, 0.15) is 11.6 Å². The Morgan fingerprint density at radius 3 is 2.31 bits per heavy atom. The largest absolute Gasteiger partial charge is 0.342 e. The number of carbonyl (C=O) groups excluding carboxylic acids is 2. The summed E-state index contributed by atoms with van der Waals surface area (Å²) in [6.07, 6.45) is 6.38. The first-order valence-electron chi connectivity index (χ1n) is 17.2. The summed E-state index contributed by atoms with van der Waals surface area (Å²) in [5, 5.41) is 10.8. The maximum atomic E-state index is 13.3. The summed E-state index contributed by atoms with van der Waals surface area (Å²) in [5.74, 6) is 2.30. The van der Waals surface area contributed by atoms with E-state index in [0.29, 0.717) is 36.7 Å². The number of fused-ring (bicyclic) bond motifs is 3. The number of nitrogens with zero attached hydrogens (tertiary/aromatic N) is 4. The van der Waals surface area contributed by atoms with Gasteiger partial charge in [-0.1, -0.05) is 62.7 Å². The average Bonchev–Trinajstić information content (AvgIpc) is 3.75. The molecule has 0 spiro atoms. The van der Waals surface area contributed by atoms with E-state index in [1.54, 1.807) is 4.68 Å². The molecular weight excluding hydrogens is 598 g/mol. The van der Waals surface area contributed by atoms with Crippen LogP contribution in [0.3, 0.4) is 0 Å². The van der Waals surface area contributed by atoms with E-state index in [1.165, 1.54) is 5.56 Å². The van der Waals surface area contributed by atoms with Crippen molar-refractivity contribution in [2.45, 2.75) is 90.1 Å². The van der Waals surface area contributed by atoms with Crippen molar-refractivity contribution >= 4 is 34.5 Å². The summed E-state index contributed by atoms with van der Waals surface area (Å²) < 4.78 is 1.79. The van der Waals surface area contributed by atoms with E-state index >= 15 is 0 Å². The monoisotopic (exact) mass is 643 g/mol. The fourth-order valence-electron chi connectivity index (χ4n) is 7.40. The van der Waals surface area contributed by atoms with Gasteiger partial charge in [-0.2, -0.15) is 5.10 Å². The first-order valence-corrected chi connectivity index (χ1v) is 17.2. The number of aromatic amines is 1. The molecule has 248 valence electrons. The molecule has 2 aliphatic rings. The second-order valence-corrected chi connectivity index (χ2v) is 14.6. The van der Waals surface area contributed by atoms with Crippen LogP contribution in [0.2, 0.25) is 0 Å². The van der Waals surface area contributed by atoms with Crippen LogP contribution >= 0.6 is 0 Å². The van der Waals surface area contributed by atoms with Crippen molar-refractivity contribution in [2.75, 3.05) is 10.6 Å². The van der Waals surface area contributed by atoms with Crippen LogP contribution in [0.25, 0.3) is 16.7 Å². The standard InChI is InChI=1S/C39H45N7O2/c1-25-9-15-29(16-10-25)46-36(24-34(44-46)39(2,3)4)43-38(48)40-28-13-11-26(12-14-28)21-27-22-30-17-18-31(23-27)45(30)37(47)20-19-35-41-32-7-5-6-8-33(32)42-35/h5-16,24,27,30-31H,17-23H2,1-4H3,(H,41,42)(H2,40,43,48). The van der Waals surface area contributed by atoms with Gasteiger partial charge in [0.15, 0.2) is 0 Å². The van der Waals surface area contributed by atoms with Crippen LogP contribution in [-0.2, 0) is 23.1 Å². The van der Waals surface area contributed by atoms with Crippen LogP contribution in [0.1, 0.15) is 75.5 Å². The topological polar surface area (TPSA) is 108 Å². The number of hydrogen-bond acceptors (Lipinski definition) is 4. The van der Waals surface area contributed by atoms with E-state index in [2.05, 4.69) is 58.4 Å². The lowest BCUT2D eigenvalue weighted by Gasteiger charge is -2.39. The fourth-order valence-corrected chi connectivity index (χ4v) is 7.40.